The smallest absolute Gasteiger partial charge is 0.126 e. The SMILES string of the molecule is Cc1cc(N2CCC(C(O)c3cccnc3)CC2)ccc1F. The summed E-state index contributed by atoms with van der Waals surface area (Å²) in [6.07, 6.45) is 4.85. The highest BCUT2D eigenvalue weighted by Gasteiger charge is 2.26. The lowest BCUT2D eigenvalue weighted by Gasteiger charge is -2.35. The number of halogens is 1. The van der Waals surface area contributed by atoms with Crippen molar-refractivity contribution in [2.45, 2.75) is 25.9 Å². The third-order valence-corrected chi connectivity index (χ3v) is 4.52. The highest BCUT2D eigenvalue weighted by atomic mass is 19.1. The summed E-state index contributed by atoms with van der Waals surface area (Å²) in [5, 5.41) is 10.5. The molecular weight excluding hydrogens is 279 g/mol. The molecular formula is C18H21FN2O. The largest absolute Gasteiger partial charge is 0.388 e. The molecule has 0 bridgehead atoms. The zero-order chi connectivity index (χ0) is 15.5. The first kappa shape index (κ1) is 15.0. The minimum absolute atomic E-state index is 0.161. The fourth-order valence-corrected chi connectivity index (χ4v) is 3.12. The number of aliphatic hydroxyl groups is 1. The van der Waals surface area contributed by atoms with Crippen LogP contribution in [0.3, 0.4) is 0 Å². The van der Waals surface area contributed by atoms with Crippen LogP contribution in [0.2, 0.25) is 0 Å². The molecule has 1 aromatic heterocycles. The molecule has 1 aliphatic heterocycles. The molecule has 0 amide bonds. The number of aromatic nitrogens is 1. The molecule has 116 valence electrons. The molecule has 1 aromatic carbocycles. The number of hydrogen-bond donors (Lipinski definition) is 1. The van der Waals surface area contributed by atoms with Gasteiger partial charge in [0.2, 0.25) is 0 Å². The fraction of sp³-hybridized carbons (Fsp3) is 0.389. The molecule has 2 heterocycles. The number of anilines is 1. The Morgan fingerprint density at radius 1 is 1.27 bits per heavy atom. The molecule has 2 aromatic rings. The number of nitrogens with zero attached hydrogens (tertiary/aromatic N) is 2. The number of benzene rings is 1. The van der Waals surface area contributed by atoms with Gasteiger partial charge in [0.15, 0.2) is 0 Å². The Hall–Kier alpha value is -1.94. The van der Waals surface area contributed by atoms with E-state index in [9.17, 15) is 9.50 Å². The van der Waals surface area contributed by atoms with Crippen molar-refractivity contribution in [3.05, 3.63) is 59.7 Å². The van der Waals surface area contributed by atoms with E-state index in [0.717, 1.165) is 37.2 Å². The highest BCUT2D eigenvalue weighted by molar-refractivity contribution is 5.49. The molecule has 0 spiro atoms. The summed E-state index contributed by atoms with van der Waals surface area (Å²) in [5.74, 6) is 0.0904. The van der Waals surface area contributed by atoms with Gasteiger partial charge in [0.25, 0.3) is 0 Å². The van der Waals surface area contributed by atoms with Crippen LogP contribution >= 0.6 is 0 Å². The van der Waals surface area contributed by atoms with E-state index in [2.05, 4.69) is 9.88 Å². The Balaban J connectivity index is 1.64. The van der Waals surface area contributed by atoms with Crippen LogP contribution in [0.25, 0.3) is 0 Å². The Kier molecular flexibility index (Phi) is 4.39. The zero-order valence-electron chi connectivity index (χ0n) is 12.7. The van der Waals surface area contributed by atoms with Crippen molar-refractivity contribution in [3.63, 3.8) is 0 Å². The van der Waals surface area contributed by atoms with E-state index in [-0.39, 0.29) is 11.7 Å². The first-order valence-corrected chi connectivity index (χ1v) is 7.74. The number of aliphatic hydroxyl groups excluding tert-OH is 1. The van der Waals surface area contributed by atoms with Gasteiger partial charge in [-0.2, -0.15) is 0 Å². The van der Waals surface area contributed by atoms with Crippen molar-refractivity contribution in [1.82, 2.24) is 4.98 Å². The van der Waals surface area contributed by atoms with Crippen LogP contribution in [-0.2, 0) is 0 Å². The molecule has 0 aliphatic carbocycles. The quantitative estimate of drug-likeness (QED) is 0.943. The second-order valence-electron chi connectivity index (χ2n) is 5.99. The Morgan fingerprint density at radius 3 is 2.68 bits per heavy atom. The molecule has 1 saturated heterocycles. The number of hydrogen-bond acceptors (Lipinski definition) is 3. The molecule has 0 radical (unpaired) electrons. The summed E-state index contributed by atoms with van der Waals surface area (Å²) in [7, 11) is 0. The van der Waals surface area contributed by atoms with E-state index in [1.165, 1.54) is 6.07 Å². The molecule has 1 N–H and O–H groups in total. The first-order valence-electron chi connectivity index (χ1n) is 7.74. The second-order valence-corrected chi connectivity index (χ2v) is 5.99. The molecule has 1 fully saturated rings. The van der Waals surface area contributed by atoms with Gasteiger partial charge in [-0.1, -0.05) is 6.07 Å². The van der Waals surface area contributed by atoms with Crippen LogP contribution in [0, 0.1) is 18.7 Å². The van der Waals surface area contributed by atoms with Crippen LogP contribution in [0.15, 0.2) is 42.7 Å². The Bertz CT molecular complexity index is 624. The summed E-state index contributed by atoms with van der Waals surface area (Å²) in [6.45, 7) is 3.55. The minimum atomic E-state index is -0.453. The molecule has 0 saturated carbocycles. The predicted molar refractivity (Wildman–Crippen MR) is 85.3 cm³/mol. The predicted octanol–water partition coefficient (Wildman–Crippen LogP) is 3.48. The lowest BCUT2D eigenvalue weighted by molar-refractivity contribution is 0.0926. The van der Waals surface area contributed by atoms with Gasteiger partial charge in [-0.3, -0.25) is 4.98 Å². The molecule has 3 nitrogen and oxygen atoms in total. The van der Waals surface area contributed by atoms with Crippen LogP contribution < -0.4 is 4.90 Å². The maximum Gasteiger partial charge on any atom is 0.126 e. The topological polar surface area (TPSA) is 36.4 Å². The van der Waals surface area contributed by atoms with E-state index in [0.29, 0.717) is 5.56 Å². The van der Waals surface area contributed by atoms with Crippen LogP contribution in [0.5, 0.6) is 0 Å². The normalized spacial score (nSPS) is 17.5. The van der Waals surface area contributed by atoms with Gasteiger partial charge in [0.05, 0.1) is 6.10 Å². The lowest BCUT2D eigenvalue weighted by Crippen LogP contribution is -2.35. The standard InChI is InChI=1S/C18H21FN2O/c1-13-11-16(4-5-17(13)19)21-9-6-14(7-10-21)18(22)15-3-2-8-20-12-15/h2-5,8,11-12,14,18,22H,6-7,9-10H2,1H3. The molecule has 1 unspecified atom stereocenters. The van der Waals surface area contributed by atoms with Crippen molar-refractivity contribution in [2.24, 2.45) is 5.92 Å². The third-order valence-electron chi connectivity index (χ3n) is 4.52. The minimum Gasteiger partial charge on any atom is -0.388 e. The molecule has 22 heavy (non-hydrogen) atoms. The van der Waals surface area contributed by atoms with E-state index >= 15 is 0 Å². The van der Waals surface area contributed by atoms with E-state index in [1.54, 1.807) is 19.3 Å². The summed E-state index contributed by atoms with van der Waals surface area (Å²) in [4.78, 5) is 6.34. The van der Waals surface area contributed by atoms with E-state index < -0.39 is 6.10 Å². The Morgan fingerprint density at radius 2 is 2.05 bits per heavy atom. The second kappa shape index (κ2) is 6.44. The highest BCUT2D eigenvalue weighted by Crippen LogP contribution is 2.32. The van der Waals surface area contributed by atoms with Crippen molar-refractivity contribution in [1.29, 1.82) is 0 Å². The number of pyridine rings is 1. The summed E-state index contributed by atoms with van der Waals surface area (Å²) < 4.78 is 13.4. The van der Waals surface area contributed by atoms with Crippen LogP contribution in [0.4, 0.5) is 10.1 Å². The third kappa shape index (κ3) is 3.12. The van der Waals surface area contributed by atoms with Crippen LogP contribution in [0.1, 0.15) is 30.1 Å². The van der Waals surface area contributed by atoms with Gasteiger partial charge in [-0.15, -0.1) is 0 Å². The lowest BCUT2D eigenvalue weighted by atomic mass is 9.88. The van der Waals surface area contributed by atoms with Gasteiger partial charge in [-0.25, -0.2) is 4.39 Å². The molecule has 3 rings (SSSR count). The number of aryl methyl sites for hydroxylation is 1. The van der Waals surface area contributed by atoms with E-state index in [1.807, 2.05) is 24.3 Å². The van der Waals surface area contributed by atoms with Gasteiger partial charge in [0.1, 0.15) is 5.82 Å². The summed E-state index contributed by atoms with van der Waals surface area (Å²) >= 11 is 0. The first-order chi connectivity index (χ1) is 10.6. The molecule has 1 aliphatic rings. The molecule has 1 atom stereocenters. The maximum atomic E-state index is 13.4. The van der Waals surface area contributed by atoms with E-state index in [4.69, 9.17) is 0 Å². The Labute approximate surface area is 130 Å². The van der Waals surface area contributed by atoms with Crippen molar-refractivity contribution < 1.29 is 9.50 Å². The van der Waals surface area contributed by atoms with Gasteiger partial charge in [-0.05, 0) is 61.1 Å². The number of piperidine rings is 1. The number of rotatable bonds is 3. The average molecular weight is 300 g/mol. The van der Waals surface area contributed by atoms with Crippen molar-refractivity contribution in [2.75, 3.05) is 18.0 Å². The van der Waals surface area contributed by atoms with Gasteiger partial charge >= 0.3 is 0 Å². The molecule has 4 heteroatoms. The van der Waals surface area contributed by atoms with Crippen LogP contribution in [-0.4, -0.2) is 23.2 Å². The fourth-order valence-electron chi connectivity index (χ4n) is 3.12. The maximum absolute atomic E-state index is 13.4. The van der Waals surface area contributed by atoms with Gasteiger partial charge in [0, 0.05) is 31.2 Å². The summed E-state index contributed by atoms with van der Waals surface area (Å²) in [6, 6.07) is 9.04. The monoisotopic (exact) mass is 300 g/mol. The zero-order valence-corrected chi connectivity index (χ0v) is 12.7. The van der Waals surface area contributed by atoms with Gasteiger partial charge < -0.3 is 10.0 Å². The van der Waals surface area contributed by atoms with Crippen molar-refractivity contribution in [3.8, 4) is 0 Å². The van der Waals surface area contributed by atoms with Crippen molar-refractivity contribution >= 4 is 5.69 Å². The summed E-state index contributed by atoms with van der Waals surface area (Å²) in [5.41, 5.74) is 2.63. The average Bonchev–Trinajstić information content (AvgIpc) is 2.58.